The zero-order valence-corrected chi connectivity index (χ0v) is 15.4. The zero-order chi connectivity index (χ0) is 20.9. The minimum atomic E-state index is -4.82. The van der Waals surface area contributed by atoms with Crippen LogP contribution in [-0.4, -0.2) is 9.55 Å². The molecule has 0 unspecified atom stereocenters. The highest BCUT2D eigenvalue weighted by molar-refractivity contribution is 5.80. The molecule has 1 aromatic heterocycles. The van der Waals surface area contributed by atoms with Crippen LogP contribution in [0, 0.1) is 12.8 Å². The van der Waals surface area contributed by atoms with Gasteiger partial charge in [0.2, 0.25) is 5.82 Å². The van der Waals surface area contributed by atoms with Crippen molar-refractivity contribution in [1.29, 1.82) is 0 Å². The third-order valence-electron chi connectivity index (χ3n) is 4.52. The number of fused-ring (bicyclic) bond motifs is 1. The fourth-order valence-corrected chi connectivity index (χ4v) is 3.26. The Kier molecular flexibility index (Phi) is 4.93. The summed E-state index contributed by atoms with van der Waals surface area (Å²) in [6, 6.07) is 7.47. The molecule has 2 aromatic carbocycles. The van der Waals surface area contributed by atoms with Gasteiger partial charge in [0, 0.05) is 0 Å². The molecule has 150 valence electrons. The van der Waals surface area contributed by atoms with E-state index in [0.29, 0.717) is 24.0 Å². The molecular weight excluding hydrogens is 382 g/mol. The van der Waals surface area contributed by atoms with Crippen molar-refractivity contribution in [2.45, 2.75) is 39.5 Å². The lowest BCUT2D eigenvalue weighted by atomic mass is 9.97. The molecule has 2 nitrogen and oxygen atoms in total. The first-order valence-electron chi connectivity index (χ1n) is 8.65. The van der Waals surface area contributed by atoms with E-state index < -0.39 is 23.7 Å². The molecule has 0 radical (unpaired) electrons. The molecule has 1 heterocycles. The molecule has 3 rings (SSSR count). The van der Waals surface area contributed by atoms with E-state index in [1.807, 2.05) is 19.9 Å². The molecule has 0 saturated carbocycles. The smallest absolute Gasteiger partial charge is 0.288 e. The summed E-state index contributed by atoms with van der Waals surface area (Å²) in [5.41, 5.74) is 0.368. The Labute approximate surface area is 157 Å². The van der Waals surface area contributed by atoms with Crippen LogP contribution in [0.15, 0.2) is 36.4 Å². The van der Waals surface area contributed by atoms with Crippen LogP contribution in [0.3, 0.4) is 0 Å². The summed E-state index contributed by atoms with van der Waals surface area (Å²) in [6.07, 6.45) is -8.81. The summed E-state index contributed by atoms with van der Waals surface area (Å²) >= 11 is 0. The van der Waals surface area contributed by atoms with Gasteiger partial charge in [0.05, 0.1) is 22.3 Å². The van der Waals surface area contributed by atoms with E-state index in [9.17, 15) is 26.3 Å². The van der Waals surface area contributed by atoms with Crippen LogP contribution in [0.5, 0.6) is 0 Å². The number of halogens is 6. The van der Waals surface area contributed by atoms with Crippen molar-refractivity contribution in [1.82, 2.24) is 9.55 Å². The summed E-state index contributed by atoms with van der Waals surface area (Å²) in [4.78, 5) is 3.50. The first-order valence-corrected chi connectivity index (χ1v) is 8.65. The molecule has 0 amide bonds. The predicted molar refractivity (Wildman–Crippen MR) is 94.4 cm³/mol. The van der Waals surface area contributed by atoms with E-state index in [2.05, 4.69) is 4.98 Å². The number of nitrogens with zero attached hydrogens (tertiary/aromatic N) is 2. The maximum Gasteiger partial charge on any atom is 0.450 e. The third-order valence-corrected chi connectivity index (χ3v) is 4.52. The van der Waals surface area contributed by atoms with Crippen LogP contribution < -0.4 is 0 Å². The van der Waals surface area contributed by atoms with Crippen LogP contribution in [0.2, 0.25) is 0 Å². The maximum atomic E-state index is 13.6. The molecule has 0 aliphatic carbocycles. The highest BCUT2D eigenvalue weighted by Crippen LogP contribution is 2.37. The number of hydrogen-bond donors (Lipinski definition) is 0. The summed E-state index contributed by atoms with van der Waals surface area (Å²) in [7, 11) is 0. The van der Waals surface area contributed by atoms with E-state index in [1.54, 1.807) is 13.0 Å². The maximum absolute atomic E-state index is 13.6. The monoisotopic (exact) mass is 400 g/mol. The van der Waals surface area contributed by atoms with Crippen LogP contribution in [0.4, 0.5) is 26.3 Å². The Bertz CT molecular complexity index is 1010. The van der Waals surface area contributed by atoms with Gasteiger partial charge < -0.3 is 0 Å². The second-order valence-electron chi connectivity index (χ2n) is 7.13. The van der Waals surface area contributed by atoms with Gasteiger partial charge >= 0.3 is 12.4 Å². The molecule has 0 aliphatic rings. The van der Waals surface area contributed by atoms with Crippen molar-refractivity contribution >= 4 is 11.0 Å². The van der Waals surface area contributed by atoms with Gasteiger partial charge in [-0.3, -0.25) is 4.57 Å². The Balaban J connectivity index is 2.31. The van der Waals surface area contributed by atoms with Crippen molar-refractivity contribution in [2.24, 2.45) is 5.92 Å². The molecule has 0 N–H and O–H groups in total. The van der Waals surface area contributed by atoms with Gasteiger partial charge in [0.1, 0.15) is 0 Å². The van der Waals surface area contributed by atoms with Crippen LogP contribution in [0.25, 0.3) is 16.7 Å². The highest BCUT2D eigenvalue weighted by atomic mass is 19.4. The summed E-state index contributed by atoms with van der Waals surface area (Å²) < 4.78 is 80.7. The van der Waals surface area contributed by atoms with Gasteiger partial charge in [-0.2, -0.15) is 26.3 Å². The fourth-order valence-electron chi connectivity index (χ4n) is 3.26. The SMILES string of the molecule is Cc1c(CC(C)C)cccc1-n1c(C(F)(F)F)nc2cc(C(F)(F)F)ccc21. The Morgan fingerprint density at radius 1 is 0.964 bits per heavy atom. The van der Waals surface area contributed by atoms with Gasteiger partial charge in [0.15, 0.2) is 0 Å². The normalized spacial score (nSPS) is 12.9. The minimum Gasteiger partial charge on any atom is -0.288 e. The van der Waals surface area contributed by atoms with Crippen molar-refractivity contribution in [2.75, 3.05) is 0 Å². The Morgan fingerprint density at radius 2 is 1.64 bits per heavy atom. The predicted octanol–water partition coefficient (Wildman–Crippen LogP) is 6.57. The quantitative estimate of drug-likeness (QED) is 0.455. The number of rotatable bonds is 3. The second kappa shape index (κ2) is 6.83. The van der Waals surface area contributed by atoms with Crippen molar-refractivity contribution in [3.05, 3.63) is 58.9 Å². The van der Waals surface area contributed by atoms with E-state index in [4.69, 9.17) is 0 Å². The number of alkyl halides is 6. The van der Waals surface area contributed by atoms with E-state index in [0.717, 1.165) is 22.3 Å². The molecule has 3 aromatic rings. The standard InChI is InChI=1S/C20H18F6N2/c1-11(2)9-13-5-4-6-16(12(13)3)28-17-8-7-14(19(21,22)23)10-15(17)27-18(28)20(24,25)26/h4-8,10-11H,9H2,1-3H3. The van der Waals surface area contributed by atoms with Crippen molar-refractivity contribution < 1.29 is 26.3 Å². The fraction of sp³-hybridized carbons (Fsp3) is 0.350. The van der Waals surface area contributed by atoms with Crippen LogP contribution in [0.1, 0.15) is 36.4 Å². The largest absolute Gasteiger partial charge is 0.450 e. The average Bonchev–Trinajstić information content (AvgIpc) is 2.94. The van der Waals surface area contributed by atoms with Gasteiger partial charge in [-0.1, -0.05) is 26.0 Å². The van der Waals surface area contributed by atoms with E-state index in [1.165, 1.54) is 6.07 Å². The number of benzene rings is 2. The lowest BCUT2D eigenvalue weighted by Gasteiger charge is -2.17. The number of hydrogen-bond acceptors (Lipinski definition) is 1. The molecule has 0 fully saturated rings. The summed E-state index contributed by atoms with van der Waals surface area (Å²) in [6.45, 7) is 5.71. The van der Waals surface area contributed by atoms with Gasteiger partial charge in [-0.15, -0.1) is 0 Å². The van der Waals surface area contributed by atoms with Gasteiger partial charge in [0.25, 0.3) is 0 Å². The Hall–Kier alpha value is -2.51. The first kappa shape index (κ1) is 20.2. The summed E-state index contributed by atoms with van der Waals surface area (Å²) in [5, 5.41) is 0. The van der Waals surface area contributed by atoms with E-state index >= 15 is 0 Å². The molecule has 0 bridgehead atoms. The molecule has 0 aliphatic heterocycles. The Morgan fingerprint density at radius 3 is 2.21 bits per heavy atom. The van der Waals surface area contributed by atoms with E-state index in [-0.39, 0.29) is 16.7 Å². The average molecular weight is 400 g/mol. The van der Waals surface area contributed by atoms with Gasteiger partial charge in [-0.25, -0.2) is 4.98 Å². The van der Waals surface area contributed by atoms with Crippen molar-refractivity contribution in [3.63, 3.8) is 0 Å². The molecule has 0 spiro atoms. The first-order chi connectivity index (χ1) is 12.9. The topological polar surface area (TPSA) is 17.8 Å². The molecular formula is C20H18F6N2. The van der Waals surface area contributed by atoms with Crippen molar-refractivity contribution in [3.8, 4) is 5.69 Å². The zero-order valence-electron chi connectivity index (χ0n) is 15.4. The number of imidazole rings is 1. The summed E-state index contributed by atoms with van der Waals surface area (Å²) in [5.74, 6) is -0.948. The van der Waals surface area contributed by atoms with Gasteiger partial charge in [-0.05, 0) is 54.7 Å². The highest BCUT2D eigenvalue weighted by Gasteiger charge is 2.39. The molecule has 0 saturated heterocycles. The third kappa shape index (κ3) is 3.72. The number of aromatic nitrogens is 2. The minimum absolute atomic E-state index is 0.0230. The molecule has 28 heavy (non-hydrogen) atoms. The second-order valence-corrected chi connectivity index (χ2v) is 7.13. The molecule has 8 heteroatoms. The lowest BCUT2D eigenvalue weighted by molar-refractivity contribution is -0.145. The molecule has 0 atom stereocenters. The van der Waals surface area contributed by atoms with Crippen LogP contribution >= 0.6 is 0 Å². The van der Waals surface area contributed by atoms with Crippen LogP contribution in [-0.2, 0) is 18.8 Å². The lowest BCUT2D eigenvalue weighted by Crippen LogP contribution is -2.15.